The number of ether oxygens (including phenoxy) is 1. The van der Waals surface area contributed by atoms with E-state index in [-0.39, 0.29) is 24.5 Å². The van der Waals surface area contributed by atoms with Gasteiger partial charge < -0.3 is 14.9 Å². The summed E-state index contributed by atoms with van der Waals surface area (Å²) in [6, 6.07) is 3.59. The zero-order valence-corrected chi connectivity index (χ0v) is 8.12. The number of carboxylic acids is 1. The van der Waals surface area contributed by atoms with Crippen molar-refractivity contribution in [1.82, 2.24) is 0 Å². The Labute approximate surface area is 90.0 Å². The molecule has 0 atom stereocenters. The van der Waals surface area contributed by atoms with E-state index in [0.29, 0.717) is 0 Å². The van der Waals surface area contributed by atoms with Crippen LogP contribution in [0.2, 0.25) is 0 Å². The lowest BCUT2D eigenvalue weighted by molar-refractivity contribution is -0.385. The first kappa shape index (κ1) is 11.9. The molecule has 0 aliphatic rings. The fourth-order valence-corrected chi connectivity index (χ4v) is 1.14. The SMILES string of the molecule is O=C(O)c1cccc([N+](=O)[O-])c1OCCO. The van der Waals surface area contributed by atoms with Crippen LogP contribution in [-0.2, 0) is 0 Å². The highest BCUT2D eigenvalue weighted by Crippen LogP contribution is 2.30. The molecule has 2 N–H and O–H groups in total. The third-order valence-corrected chi connectivity index (χ3v) is 1.76. The monoisotopic (exact) mass is 227 g/mol. The quantitative estimate of drug-likeness (QED) is 0.564. The molecule has 0 heterocycles. The van der Waals surface area contributed by atoms with Gasteiger partial charge >= 0.3 is 11.7 Å². The molecule has 0 aliphatic carbocycles. The van der Waals surface area contributed by atoms with E-state index in [4.69, 9.17) is 14.9 Å². The number of aliphatic hydroxyl groups is 1. The summed E-state index contributed by atoms with van der Waals surface area (Å²) in [4.78, 5) is 20.7. The molecule has 0 spiro atoms. The predicted octanol–water partition coefficient (Wildman–Crippen LogP) is 0.664. The highest BCUT2D eigenvalue weighted by molar-refractivity contribution is 5.92. The first-order valence-electron chi connectivity index (χ1n) is 4.32. The molecule has 1 rings (SSSR count). The molecule has 0 radical (unpaired) electrons. The number of nitro groups is 1. The van der Waals surface area contributed by atoms with Gasteiger partial charge in [0.25, 0.3) is 0 Å². The molecule has 0 amide bonds. The zero-order chi connectivity index (χ0) is 12.1. The van der Waals surface area contributed by atoms with E-state index in [9.17, 15) is 14.9 Å². The molecule has 0 unspecified atom stereocenters. The number of benzene rings is 1. The van der Waals surface area contributed by atoms with Crippen LogP contribution >= 0.6 is 0 Å². The second-order valence-electron chi connectivity index (χ2n) is 2.79. The average molecular weight is 227 g/mol. The van der Waals surface area contributed by atoms with Crippen LogP contribution in [0.5, 0.6) is 5.75 Å². The maximum Gasteiger partial charge on any atom is 0.339 e. The summed E-state index contributed by atoms with van der Waals surface area (Å²) in [7, 11) is 0. The zero-order valence-electron chi connectivity index (χ0n) is 8.12. The van der Waals surface area contributed by atoms with Crippen LogP contribution in [0.4, 0.5) is 5.69 Å². The summed E-state index contributed by atoms with van der Waals surface area (Å²) in [5, 5.41) is 28.0. The summed E-state index contributed by atoms with van der Waals surface area (Å²) in [5.41, 5.74) is -0.740. The minimum atomic E-state index is -1.32. The molecule has 7 heteroatoms. The van der Waals surface area contributed by atoms with E-state index >= 15 is 0 Å². The number of nitrogens with zero attached hydrogens (tertiary/aromatic N) is 1. The van der Waals surface area contributed by atoms with Crippen LogP contribution in [0.15, 0.2) is 18.2 Å². The number of aliphatic hydroxyl groups excluding tert-OH is 1. The number of hydrogen-bond acceptors (Lipinski definition) is 5. The Hall–Kier alpha value is -2.15. The summed E-state index contributed by atoms with van der Waals surface area (Å²) in [6.07, 6.45) is 0. The van der Waals surface area contributed by atoms with Crippen molar-refractivity contribution in [2.45, 2.75) is 0 Å². The van der Waals surface area contributed by atoms with E-state index in [1.54, 1.807) is 0 Å². The van der Waals surface area contributed by atoms with Gasteiger partial charge in [0.05, 0.1) is 11.5 Å². The van der Waals surface area contributed by atoms with Crippen molar-refractivity contribution in [2.24, 2.45) is 0 Å². The maximum absolute atomic E-state index is 10.8. The van der Waals surface area contributed by atoms with Gasteiger partial charge in [-0.1, -0.05) is 6.07 Å². The van der Waals surface area contributed by atoms with Gasteiger partial charge in [0, 0.05) is 6.07 Å². The molecule has 1 aromatic carbocycles. The molecular weight excluding hydrogens is 218 g/mol. The maximum atomic E-state index is 10.8. The number of rotatable bonds is 5. The lowest BCUT2D eigenvalue weighted by Gasteiger charge is -2.07. The second kappa shape index (κ2) is 5.08. The topological polar surface area (TPSA) is 110 Å². The second-order valence-corrected chi connectivity index (χ2v) is 2.79. The van der Waals surface area contributed by atoms with E-state index in [0.717, 1.165) is 6.07 Å². The third kappa shape index (κ3) is 2.45. The van der Waals surface area contributed by atoms with Crippen molar-refractivity contribution in [3.63, 3.8) is 0 Å². The van der Waals surface area contributed by atoms with Crippen LogP contribution in [0.1, 0.15) is 10.4 Å². The largest absolute Gasteiger partial charge is 0.484 e. The molecule has 86 valence electrons. The van der Waals surface area contributed by atoms with Gasteiger partial charge in [0.1, 0.15) is 12.2 Å². The Bertz CT molecular complexity index is 384. The van der Waals surface area contributed by atoms with Gasteiger partial charge in [-0.15, -0.1) is 0 Å². The summed E-state index contributed by atoms with van der Waals surface area (Å²) >= 11 is 0. The van der Waals surface area contributed by atoms with Gasteiger partial charge in [0.15, 0.2) is 0 Å². The van der Waals surface area contributed by atoms with Crippen LogP contribution in [0.3, 0.4) is 0 Å². The molecule has 0 saturated carbocycles. The number of carboxylic acid groups (broad SMARTS) is 1. The Morgan fingerprint density at radius 2 is 2.19 bits per heavy atom. The smallest absolute Gasteiger partial charge is 0.339 e. The number of para-hydroxylation sites is 1. The van der Waals surface area contributed by atoms with Crippen LogP contribution in [0.25, 0.3) is 0 Å². The molecule has 0 bridgehead atoms. The molecule has 0 aromatic heterocycles. The van der Waals surface area contributed by atoms with Gasteiger partial charge in [-0.3, -0.25) is 10.1 Å². The Balaban J connectivity index is 3.23. The summed E-state index contributed by atoms with van der Waals surface area (Å²) in [5.74, 6) is -1.66. The van der Waals surface area contributed by atoms with E-state index in [2.05, 4.69) is 0 Å². The normalized spacial score (nSPS) is 9.81. The van der Waals surface area contributed by atoms with Crippen LogP contribution in [0, 0.1) is 10.1 Å². The van der Waals surface area contributed by atoms with Gasteiger partial charge in [0.2, 0.25) is 5.75 Å². The van der Waals surface area contributed by atoms with Crippen molar-refractivity contribution in [3.05, 3.63) is 33.9 Å². The number of aromatic carboxylic acids is 1. The van der Waals surface area contributed by atoms with E-state index in [1.165, 1.54) is 12.1 Å². The highest BCUT2D eigenvalue weighted by atomic mass is 16.6. The lowest BCUT2D eigenvalue weighted by atomic mass is 10.2. The number of nitro benzene ring substituents is 1. The number of carbonyl (C=O) groups is 1. The van der Waals surface area contributed by atoms with E-state index in [1.807, 2.05) is 0 Å². The summed E-state index contributed by atoms with van der Waals surface area (Å²) in [6.45, 7) is -0.559. The molecule has 0 saturated heterocycles. The van der Waals surface area contributed by atoms with Crippen molar-refractivity contribution in [1.29, 1.82) is 0 Å². The van der Waals surface area contributed by atoms with Crippen molar-refractivity contribution in [3.8, 4) is 5.75 Å². The molecule has 1 aromatic rings. The van der Waals surface area contributed by atoms with Crippen molar-refractivity contribution >= 4 is 11.7 Å². The Kier molecular flexibility index (Phi) is 3.78. The van der Waals surface area contributed by atoms with Crippen LogP contribution in [-0.4, -0.2) is 34.3 Å². The average Bonchev–Trinajstić information content (AvgIpc) is 2.25. The molecule has 0 aliphatic heterocycles. The van der Waals surface area contributed by atoms with Crippen molar-refractivity contribution in [2.75, 3.05) is 13.2 Å². The lowest BCUT2D eigenvalue weighted by Crippen LogP contribution is -2.09. The third-order valence-electron chi connectivity index (χ3n) is 1.76. The standard InChI is InChI=1S/C9H9NO6/c11-4-5-16-8-6(9(12)13)2-1-3-7(8)10(14)15/h1-3,11H,4-5H2,(H,12,13). The molecular formula is C9H9NO6. The van der Waals surface area contributed by atoms with Gasteiger partial charge in [-0.25, -0.2) is 4.79 Å². The van der Waals surface area contributed by atoms with E-state index < -0.39 is 16.6 Å². The molecule has 16 heavy (non-hydrogen) atoms. The molecule has 0 fully saturated rings. The summed E-state index contributed by atoms with van der Waals surface area (Å²) < 4.78 is 4.87. The first-order chi connectivity index (χ1) is 7.57. The Morgan fingerprint density at radius 3 is 2.69 bits per heavy atom. The van der Waals surface area contributed by atoms with Crippen LogP contribution < -0.4 is 4.74 Å². The molecule has 7 nitrogen and oxygen atoms in total. The van der Waals surface area contributed by atoms with Gasteiger partial charge in [-0.2, -0.15) is 0 Å². The van der Waals surface area contributed by atoms with Gasteiger partial charge in [-0.05, 0) is 6.07 Å². The fraction of sp³-hybridized carbons (Fsp3) is 0.222. The fourth-order valence-electron chi connectivity index (χ4n) is 1.14. The predicted molar refractivity (Wildman–Crippen MR) is 52.6 cm³/mol. The number of hydrogen-bond donors (Lipinski definition) is 2. The highest BCUT2D eigenvalue weighted by Gasteiger charge is 2.22. The minimum absolute atomic E-state index is 0.203. The first-order valence-corrected chi connectivity index (χ1v) is 4.32. The van der Waals surface area contributed by atoms with Crippen molar-refractivity contribution < 1.29 is 24.7 Å². The minimum Gasteiger partial charge on any atom is -0.484 e. The Morgan fingerprint density at radius 1 is 1.50 bits per heavy atom.